The van der Waals surface area contributed by atoms with E-state index in [0.717, 1.165) is 11.0 Å². The summed E-state index contributed by atoms with van der Waals surface area (Å²) in [6.45, 7) is -0.272. The molecule has 1 aliphatic heterocycles. The van der Waals surface area contributed by atoms with E-state index in [0.29, 0.717) is 18.9 Å². The standard InChI is InChI=1S/C18H19F4N3O4S/c19-14-7-13(26)2-1-12(14)9-25(5-3-11-4-6-30(28,29)10-11)17(27)15-8-16(24-23-15)18(20,21)22/h1-2,7-8,11,26H,3-6,9-10H2,(H,23,24). The van der Waals surface area contributed by atoms with Crippen molar-refractivity contribution in [3.8, 4) is 5.75 Å². The molecule has 1 amide bonds. The maximum Gasteiger partial charge on any atom is 0.432 e. The lowest BCUT2D eigenvalue weighted by molar-refractivity contribution is -0.141. The lowest BCUT2D eigenvalue weighted by Gasteiger charge is -2.23. The Kier molecular flexibility index (Phi) is 6.06. The number of aromatic hydroxyl groups is 1. The van der Waals surface area contributed by atoms with Crippen molar-refractivity contribution in [3.63, 3.8) is 0 Å². The number of amides is 1. The number of aromatic nitrogens is 2. The van der Waals surface area contributed by atoms with E-state index in [2.05, 4.69) is 5.10 Å². The molecule has 2 N–H and O–H groups in total. The van der Waals surface area contributed by atoms with Gasteiger partial charge in [-0.3, -0.25) is 9.89 Å². The van der Waals surface area contributed by atoms with Crippen LogP contribution in [0.4, 0.5) is 17.6 Å². The van der Waals surface area contributed by atoms with Crippen LogP contribution in [0.1, 0.15) is 34.6 Å². The van der Waals surface area contributed by atoms with Crippen LogP contribution in [-0.4, -0.2) is 52.6 Å². The summed E-state index contributed by atoms with van der Waals surface area (Å²) < 4.78 is 75.8. The Bertz CT molecular complexity index is 1040. The van der Waals surface area contributed by atoms with Gasteiger partial charge in [-0.25, -0.2) is 12.8 Å². The second kappa shape index (κ2) is 8.25. The largest absolute Gasteiger partial charge is 0.508 e. The van der Waals surface area contributed by atoms with E-state index >= 15 is 0 Å². The van der Waals surface area contributed by atoms with Gasteiger partial charge in [-0.2, -0.15) is 18.3 Å². The number of hydrogen-bond acceptors (Lipinski definition) is 5. The number of phenols is 1. The van der Waals surface area contributed by atoms with E-state index in [9.17, 15) is 35.9 Å². The van der Waals surface area contributed by atoms with Crippen molar-refractivity contribution in [2.24, 2.45) is 5.92 Å². The van der Waals surface area contributed by atoms with Gasteiger partial charge in [0, 0.05) is 30.8 Å². The number of sulfone groups is 1. The Morgan fingerprint density at radius 1 is 1.30 bits per heavy atom. The maximum absolute atomic E-state index is 14.1. The lowest BCUT2D eigenvalue weighted by atomic mass is 10.0. The molecule has 12 heteroatoms. The van der Waals surface area contributed by atoms with Crippen LogP contribution in [0, 0.1) is 11.7 Å². The zero-order valence-corrected chi connectivity index (χ0v) is 16.4. The van der Waals surface area contributed by atoms with Crippen LogP contribution in [0.5, 0.6) is 5.75 Å². The van der Waals surface area contributed by atoms with E-state index < -0.39 is 39.1 Å². The molecule has 0 bridgehead atoms. The minimum atomic E-state index is -4.71. The Balaban J connectivity index is 1.80. The molecule has 7 nitrogen and oxygen atoms in total. The molecule has 1 atom stereocenters. The highest BCUT2D eigenvalue weighted by molar-refractivity contribution is 7.91. The number of carbonyl (C=O) groups is 1. The lowest BCUT2D eigenvalue weighted by Crippen LogP contribution is -2.33. The van der Waals surface area contributed by atoms with Gasteiger partial charge >= 0.3 is 6.18 Å². The first-order chi connectivity index (χ1) is 13.9. The molecule has 2 aromatic rings. The Labute approximate surface area is 169 Å². The SMILES string of the molecule is O=C(c1cc(C(F)(F)F)[nH]n1)N(CCC1CCS(=O)(=O)C1)Cc1ccc(O)cc1F. The molecule has 2 heterocycles. The highest BCUT2D eigenvalue weighted by Crippen LogP contribution is 2.28. The van der Waals surface area contributed by atoms with Crippen LogP contribution in [-0.2, 0) is 22.6 Å². The zero-order chi connectivity index (χ0) is 22.1. The predicted octanol–water partition coefficient (Wildman–Crippen LogP) is 2.74. The monoisotopic (exact) mass is 449 g/mol. The molecule has 0 spiro atoms. The topological polar surface area (TPSA) is 103 Å². The summed E-state index contributed by atoms with van der Waals surface area (Å²) in [5.41, 5.74) is -1.63. The van der Waals surface area contributed by atoms with Crippen molar-refractivity contribution in [2.75, 3.05) is 18.1 Å². The quantitative estimate of drug-likeness (QED) is 0.660. The number of alkyl halides is 3. The minimum absolute atomic E-state index is 0.00749. The first-order valence-corrected chi connectivity index (χ1v) is 10.9. The average molecular weight is 449 g/mol. The number of rotatable bonds is 6. The second-order valence-electron chi connectivity index (χ2n) is 7.22. The molecule has 30 heavy (non-hydrogen) atoms. The Hall–Kier alpha value is -2.63. The number of carbonyl (C=O) groups excluding carboxylic acids is 1. The number of benzene rings is 1. The smallest absolute Gasteiger partial charge is 0.432 e. The van der Waals surface area contributed by atoms with Gasteiger partial charge in [0.1, 0.15) is 17.3 Å². The molecule has 1 aromatic carbocycles. The molecule has 1 fully saturated rings. The highest BCUT2D eigenvalue weighted by atomic mass is 32.2. The highest BCUT2D eigenvalue weighted by Gasteiger charge is 2.35. The summed E-state index contributed by atoms with van der Waals surface area (Å²) in [5.74, 6) is -2.12. The zero-order valence-electron chi connectivity index (χ0n) is 15.6. The molecule has 3 rings (SSSR count). The first kappa shape index (κ1) is 22.1. The van der Waals surface area contributed by atoms with Gasteiger partial charge in [0.05, 0.1) is 11.5 Å². The van der Waals surface area contributed by atoms with Crippen LogP contribution in [0.2, 0.25) is 0 Å². The number of halogens is 4. The van der Waals surface area contributed by atoms with Crippen LogP contribution in [0.3, 0.4) is 0 Å². The minimum Gasteiger partial charge on any atom is -0.508 e. The van der Waals surface area contributed by atoms with Gasteiger partial charge in [-0.1, -0.05) is 6.07 Å². The van der Waals surface area contributed by atoms with Crippen LogP contribution < -0.4 is 0 Å². The number of nitrogens with zero attached hydrogens (tertiary/aromatic N) is 2. The summed E-state index contributed by atoms with van der Waals surface area (Å²) in [4.78, 5) is 13.9. The maximum atomic E-state index is 14.1. The van der Waals surface area contributed by atoms with Crippen LogP contribution >= 0.6 is 0 Å². The van der Waals surface area contributed by atoms with Gasteiger partial charge in [-0.15, -0.1) is 0 Å². The summed E-state index contributed by atoms with van der Waals surface area (Å²) in [7, 11) is -3.13. The fourth-order valence-electron chi connectivity index (χ4n) is 3.30. The number of phenolic OH excluding ortho intramolecular Hbond substituents is 1. The molecule has 164 valence electrons. The molecule has 1 aliphatic rings. The van der Waals surface area contributed by atoms with Crippen molar-refractivity contribution in [1.29, 1.82) is 0 Å². The van der Waals surface area contributed by atoms with Gasteiger partial charge in [-0.05, 0) is 24.8 Å². The third-order valence-electron chi connectivity index (χ3n) is 4.92. The van der Waals surface area contributed by atoms with Crippen molar-refractivity contribution in [2.45, 2.75) is 25.6 Å². The van der Waals surface area contributed by atoms with Crippen molar-refractivity contribution < 1.29 is 35.9 Å². The van der Waals surface area contributed by atoms with Crippen LogP contribution in [0.15, 0.2) is 24.3 Å². The molecule has 0 aliphatic carbocycles. The second-order valence-corrected chi connectivity index (χ2v) is 9.45. The van der Waals surface area contributed by atoms with Gasteiger partial charge in [0.2, 0.25) is 0 Å². The number of hydrogen-bond donors (Lipinski definition) is 2. The molecular formula is C18H19F4N3O4S. The average Bonchev–Trinajstić information content (AvgIpc) is 3.26. The normalized spacial score (nSPS) is 18.5. The molecule has 1 saturated heterocycles. The number of H-pyrrole nitrogens is 1. The fraction of sp³-hybridized carbons (Fsp3) is 0.444. The third-order valence-corrected chi connectivity index (χ3v) is 6.76. The van der Waals surface area contributed by atoms with Gasteiger partial charge in [0.25, 0.3) is 5.91 Å². The first-order valence-electron chi connectivity index (χ1n) is 9.04. The third kappa shape index (κ3) is 5.29. The van der Waals surface area contributed by atoms with Crippen molar-refractivity contribution in [1.82, 2.24) is 15.1 Å². The molecular weight excluding hydrogens is 430 g/mol. The summed E-state index contributed by atoms with van der Waals surface area (Å²) in [6, 6.07) is 3.91. The van der Waals surface area contributed by atoms with Gasteiger partial charge in [0.15, 0.2) is 15.5 Å². The number of aromatic amines is 1. The summed E-state index contributed by atoms with van der Waals surface area (Å²) >= 11 is 0. The van der Waals surface area contributed by atoms with Crippen LogP contribution in [0.25, 0.3) is 0 Å². The van der Waals surface area contributed by atoms with Crippen molar-refractivity contribution >= 4 is 15.7 Å². The summed E-state index contributed by atoms with van der Waals surface area (Å²) in [5, 5.41) is 14.5. The van der Waals surface area contributed by atoms with E-state index in [4.69, 9.17) is 0 Å². The van der Waals surface area contributed by atoms with Crippen molar-refractivity contribution in [3.05, 3.63) is 47.0 Å². The predicted molar refractivity (Wildman–Crippen MR) is 97.8 cm³/mol. The fourth-order valence-corrected chi connectivity index (χ4v) is 5.21. The van der Waals surface area contributed by atoms with E-state index in [1.165, 1.54) is 12.1 Å². The van der Waals surface area contributed by atoms with E-state index in [1.54, 1.807) is 5.10 Å². The molecule has 1 aromatic heterocycles. The van der Waals surface area contributed by atoms with Gasteiger partial charge < -0.3 is 10.0 Å². The van der Waals surface area contributed by atoms with E-state index in [-0.39, 0.29) is 41.8 Å². The Morgan fingerprint density at radius 2 is 2.03 bits per heavy atom. The molecule has 0 radical (unpaired) electrons. The molecule has 1 unspecified atom stereocenters. The van der Waals surface area contributed by atoms with E-state index in [1.807, 2.05) is 0 Å². The Morgan fingerprint density at radius 3 is 2.60 bits per heavy atom. The molecule has 0 saturated carbocycles. The number of nitrogens with one attached hydrogen (secondary N) is 1. The summed E-state index contributed by atoms with van der Waals surface area (Å²) in [6.07, 6.45) is -3.99.